The van der Waals surface area contributed by atoms with Crippen LogP contribution in [0.5, 0.6) is 0 Å². The lowest BCUT2D eigenvalue weighted by Gasteiger charge is -2.16. The summed E-state index contributed by atoms with van der Waals surface area (Å²) in [5.74, 6) is -0.109. The quantitative estimate of drug-likeness (QED) is 0.442. The first-order valence-electron chi connectivity index (χ1n) is 8.43. The molecule has 4 nitrogen and oxygen atoms in total. The van der Waals surface area contributed by atoms with E-state index in [0.717, 1.165) is 37.7 Å². The lowest BCUT2D eigenvalue weighted by molar-refractivity contribution is -0.126. The zero-order chi connectivity index (χ0) is 17.3. The molecule has 1 atom stereocenters. The molecule has 0 aliphatic heterocycles. The van der Waals surface area contributed by atoms with Crippen molar-refractivity contribution in [2.75, 3.05) is 0 Å². The Kier molecular flexibility index (Phi) is 8.48. The van der Waals surface area contributed by atoms with Gasteiger partial charge in [-0.25, -0.2) is 0 Å². The Morgan fingerprint density at radius 3 is 2.22 bits per heavy atom. The summed E-state index contributed by atoms with van der Waals surface area (Å²) >= 11 is 0. The maximum absolute atomic E-state index is 12.4. The molecule has 0 saturated carbocycles. The molecule has 5 heteroatoms. The standard InChI is InChI=1S/C18H28O4S/c1-4-6-8-9-17(19)18(10-7-5-2)22-23(20,21)16-13-11-15(3)12-14-16/h11-14,18H,4-10H2,1-3H3. The molecule has 0 amide bonds. The van der Waals surface area contributed by atoms with Gasteiger partial charge in [-0.05, 0) is 31.9 Å². The molecule has 1 aromatic rings. The van der Waals surface area contributed by atoms with Crippen LogP contribution in [0.1, 0.15) is 64.4 Å². The third kappa shape index (κ3) is 6.83. The van der Waals surface area contributed by atoms with Crippen LogP contribution in [0.4, 0.5) is 0 Å². The molecule has 0 aliphatic rings. The molecule has 0 saturated heterocycles. The van der Waals surface area contributed by atoms with E-state index in [2.05, 4.69) is 6.92 Å². The van der Waals surface area contributed by atoms with E-state index in [9.17, 15) is 13.2 Å². The number of aryl methyl sites for hydroxylation is 1. The van der Waals surface area contributed by atoms with Crippen LogP contribution in [0.15, 0.2) is 29.2 Å². The van der Waals surface area contributed by atoms with Crippen molar-refractivity contribution >= 4 is 15.9 Å². The summed E-state index contributed by atoms with van der Waals surface area (Å²) in [6, 6.07) is 6.48. The molecule has 0 spiro atoms. The number of rotatable bonds is 11. The lowest BCUT2D eigenvalue weighted by atomic mass is 10.0. The average molecular weight is 340 g/mol. The molecule has 0 radical (unpaired) electrons. The van der Waals surface area contributed by atoms with Crippen LogP contribution in [0, 0.1) is 6.92 Å². The first kappa shape index (κ1) is 19.8. The van der Waals surface area contributed by atoms with Crippen molar-refractivity contribution in [1.29, 1.82) is 0 Å². The third-order valence-corrected chi connectivity index (χ3v) is 5.09. The zero-order valence-electron chi connectivity index (χ0n) is 14.4. The molecule has 1 aromatic carbocycles. The minimum absolute atomic E-state index is 0.103. The highest BCUT2D eigenvalue weighted by molar-refractivity contribution is 7.86. The van der Waals surface area contributed by atoms with Crippen molar-refractivity contribution in [2.45, 2.75) is 76.7 Å². The van der Waals surface area contributed by atoms with Gasteiger partial charge in [0, 0.05) is 6.42 Å². The van der Waals surface area contributed by atoms with Crippen LogP contribution < -0.4 is 0 Å². The highest BCUT2D eigenvalue weighted by Crippen LogP contribution is 2.19. The van der Waals surface area contributed by atoms with E-state index >= 15 is 0 Å². The zero-order valence-corrected chi connectivity index (χ0v) is 15.2. The predicted molar refractivity (Wildman–Crippen MR) is 91.9 cm³/mol. The van der Waals surface area contributed by atoms with Gasteiger partial charge in [-0.1, -0.05) is 57.2 Å². The number of ketones is 1. The normalized spacial score (nSPS) is 13.0. The highest BCUT2D eigenvalue weighted by atomic mass is 32.2. The Balaban J connectivity index is 2.81. The van der Waals surface area contributed by atoms with Crippen molar-refractivity contribution in [3.8, 4) is 0 Å². The van der Waals surface area contributed by atoms with Gasteiger partial charge in [0.05, 0.1) is 4.90 Å². The Morgan fingerprint density at radius 2 is 1.65 bits per heavy atom. The maximum Gasteiger partial charge on any atom is 0.297 e. The molecule has 23 heavy (non-hydrogen) atoms. The summed E-state index contributed by atoms with van der Waals surface area (Å²) in [6.45, 7) is 5.96. The lowest BCUT2D eigenvalue weighted by Crippen LogP contribution is -2.27. The van der Waals surface area contributed by atoms with Gasteiger partial charge < -0.3 is 0 Å². The number of Topliss-reactive ketones (excluding diaryl/α,β-unsaturated/α-hetero) is 1. The van der Waals surface area contributed by atoms with Crippen LogP contribution in [0.25, 0.3) is 0 Å². The van der Waals surface area contributed by atoms with Crippen molar-refractivity contribution < 1.29 is 17.4 Å². The van der Waals surface area contributed by atoms with Crippen LogP contribution in [0.3, 0.4) is 0 Å². The van der Waals surface area contributed by atoms with Gasteiger partial charge in [0.2, 0.25) is 0 Å². The summed E-state index contributed by atoms with van der Waals surface area (Å²) in [6.07, 6.45) is 4.41. The summed E-state index contributed by atoms with van der Waals surface area (Å²) in [5, 5.41) is 0. The Hall–Kier alpha value is -1.20. The maximum atomic E-state index is 12.4. The van der Waals surface area contributed by atoms with Crippen LogP contribution >= 0.6 is 0 Å². The molecular formula is C18H28O4S. The summed E-state index contributed by atoms with van der Waals surface area (Å²) in [5.41, 5.74) is 0.974. The van der Waals surface area contributed by atoms with Crippen molar-refractivity contribution in [3.63, 3.8) is 0 Å². The molecule has 0 N–H and O–H groups in total. The second-order valence-corrected chi connectivity index (χ2v) is 7.49. The van der Waals surface area contributed by atoms with Gasteiger partial charge in [0.15, 0.2) is 5.78 Å². The van der Waals surface area contributed by atoms with E-state index in [1.807, 2.05) is 13.8 Å². The molecule has 1 rings (SSSR count). The predicted octanol–water partition coefficient (Wildman–Crippen LogP) is 4.41. The smallest absolute Gasteiger partial charge is 0.297 e. The van der Waals surface area contributed by atoms with Crippen LogP contribution in [0.2, 0.25) is 0 Å². The molecule has 0 aliphatic carbocycles. The molecule has 0 bridgehead atoms. The number of benzene rings is 1. The fourth-order valence-electron chi connectivity index (χ4n) is 2.28. The SMILES string of the molecule is CCCCCC(=O)C(CCCC)OS(=O)(=O)c1ccc(C)cc1. The largest absolute Gasteiger partial charge is 0.297 e. The fraction of sp³-hybridized carbons (Fsp3) is 0.611. The number of hydrogen-bond donors (Lipinski definition) is 0. The molecule has 0 aromatic heterocycles. The van der Waals surface area contributed by atoms with E-state index in [0.29, 0.717) is 12.8 Å². The number of carbonyl (C=O) groups excluding carboxylic acids is 1. The Morgan fingerprint density at radius 1 is 1.04 bits per heavy atom. The first-order valence-corrected chi connectivity index (χ1v) is 9.84. The van der Waals surface area contributed by atoms with Gasteiger partial charge in [-0.2, -0.15) is 8.42 Å². The topological polar surface area (TPSA) is 60.4 Å². The third-order valence-electron chi connectivity index (χ3n) is 3.76. The van der Waals surface area contributed by atoms with Crippen molar-refractivity contribution in [2.24, 2.45) is 0 Å². The second kappa shape index (κ2) is 9.83. The molecule has 0 fully saturated rings. The average Bonchev–Trinajstić information content (AvgIpc) is 2.52. The molecule has 1 unspecified atom stereocenters. The Labute approximate surface area is 140 Å². The number of hydrogen-bond acceptors (Lipinski definition) is 4. The Bertz CT molecular complexity index is 576. The second-order valence-electron chi connectivity index (χ2n) is 5.92. The molecular weight excluding hydrogens is 312 g/mol. The number of unbranched alkanes of at least 4 members (excludes halogenated alkanes) is 3. The highest BCUT2D eigenvalue weighted by Gasteiger charge is 2.26. The van der Waals surface area contributed by atoms with E-state index in [4.69, 9.17) is 4.18 Å². The minimum Gasteiger partial charge on any atom is -0.297 e. The first-order chi connectivity index (χ1) is 10.9. The van der Waals surface area contributed by atoms with Crippen molar-refractivity contribution in [1.82, 2.24) is 0 Å². The van der Waals surface area contributed by atoms with Gasteiger partial charge >= 0.3 is 0 Å². The molecule has 0 heterocycles. The van der Waals surface area contributed by atoms with Gasteiger partial charge in [0.1, 0.15) is 6.10 Å². The summed E-state index contributed by atoms with van der Waals surface area (Å²) < 4.78 is 30.0. The number of carbonyl (C=O) groups is 1. The van der Waals surface area contributed by atoms with Crippen LogP contribution in [-0.4, -0.2) is 20.3 Å². The van der Waals surface area contributed by atoms with Crippen LogP contribution in [-0.2, 0) is 19.1 Å². The van der Waals surface area contributed by atoms with E-state index in [1.54, 1.807) is 12.1 Å². The van der Waals surface area contributed by atoms with E-state index < -0.39 is 16.2 Å². The van der Waals surface area contributed by atoms with Gasteiger partial charge in [-0.3, -0.25) is 8.98 Å². The fourth-order valence-corrected chi connectivity index (χ4v) is 3.37. The van der Waals surface area contributed by atoms with Gasteiger partial charge in [-0.15, -0.1) is 0 Å². The minimum atomic E-state index is -3.90. The van der Waals surface area contributed by atoms with E-state index in [-0.39, 0.29) is 10.7 Å². The van der Waals surface area contributed by atoms with Gasteiger partial charge in [0.25, 0.3) is 10.1 Å². The van der Waals surface area contributed by atoms with E-state index in [1.165, 1.54) is 12.1 Å². The monoisotopic (exact) mass is 340 g/mol. The summed E-state index contributed by atoms with van der Waals surface area (Å²) in [4.78, 5) is 12.4. The molecule has 130 valence electrons. The summed E-state index contributed by atoms with van der Waals surface area (Å²) in [7, 11) is -3.90. The van der Waals surface area contributed by atoms with Crippen molar-refractivity contribution in [3.05, 3.63) is 29.8 Å².